The van der Waals surface area contributed by atoms with Crippen molar-refractivity contribution >= 4 is 33.0 Å². The number of aryl methyl sites for hydroxylation is 1. The molecular formula is C31H30F5NO4S2. The fourth-order valence-corrected chi connectivity index (χ4v) is 6.84. The molecule has 2 heterocycles. The quantitative estimate of drug-likeness (QED) is 0.136. The van der Waals surface area contributed by atoms with Gasteiger partial charge in [0.15, 0.2) is 0 Å². The second kappa shape index (κ2) is 12.9. The number of halogens is 5. The van der Waals surface area contributed by atoms with Crippen molar-refractivity contribution in [3.63, 3.8) is 0 Å². The van der Waals surface area contributed by atoms with Gasteiger partial charge in [0.1, 0.15) is 23.4 Å². The van der Waals surface area contributed by atoms with Crippen LogP contribution in [0.5, 0.6) is 11.5 Å². The molecule has 0 N–H and O–H groups in total. The second-order valence-corrected chi connectivity index (χ2v) is 13.1. The van der Waals surface area contributed by atoms with Crippen molar-refractivity contribution in [1.82, 2.24) is 4.90 Å². The lowest BCUT2D eigenvalue weighted by Gasteiger charge is -2.19. The zero-order valence-electron chi connectivity index (χ0n) is 23.3. The van der Waals surface area contributed by atoms with E-state index in [1.165, 1.54) is 36.0 Å². The first kappa shape index (κ1) is 31.3. The molecule has 0 aliphatic carbocycles. The molecule has 0 radical (unpaired) electrons. The number of fused-ring (bicyclic) bond motifs is 1. The molecule has 5 rings (SSSR count). The summed E-state index contributed by atoms with van der Waals surface area (Å²) in [5.74, 6) is 0.259. The zero-order valence-corrected chi connectivity index (χ0v) is 24.9. The number of benzene rings is 3. The lowest BCUT2D eigenvalue weighted by molar-refractivity contribution is -0.0500. The SMILES string of the molecule is Cc1ccc(C2=C(c3ccc(O[C@H]4CCN(CCCF)C4)cc3)c3ccc(OS(=O)(=O)C(F)(F)F)cc3SCC2)c(F)c1. The Labute approximate surface area is 251 Å². The molecule has 5 nitrogen and oxygen atoms in total. The highest BCUT2D eigenvalue weighted by atomic mass is 32.2. The predicted octanol–water partition coefficient (Wildman–Crippen LogP) is 7.63. The molecule has 1 saturated heterocycles. The molecule has 3 aromatic carbocycles. The molecule has 0 amide bonds. The summed E-state index contributed by atoms with van der Waals surface area (Å²) in [6.07, 6.45) is 1.74. The molecular weight excluding hydrogens is 609 g/mol. The van der Waals surface area contributed by atoms with E-state index in [0.717, 1.165) is 24.1 Å². The van der Waals surface area contributed by atoms with Crippen LogP contribution in [-0.4, -0.2) is 57.0 Å². The average molecular weight is 640 g/mol. The van der Waals surface area contributed by atoms with Crippen LogP contribution in [0.4, 0.5) is 22.0 Å². The number of likely N-dealkylation sites (tertiary alicyclic amines) is 1. The second-order valence-electron chi connectivity index (χ2n) is 10.5. The third-order valence-corrected chi connectivity index (χ3v) is 9.39. The van der Waals surface area contributed by atoms with E-state index in [-0.39, 0.29) is 12.8 Å². The first-order valence-electron chi connectivity index (χ1n) is 13.8. The molecule has 0 bridgehead atoms. The van der Waals surface area contributed by atoms with Crippen LogP contribution in [0.1, 0.15) is 41.5 Å². The van der Waals surface area contributed by atoms with Crippen LogP contribution < -0.4 is 8.92 Å². The minimum atomic E-state index is -5.84. The van der Waals surface area contributed by atoms with Gasteiger partial charge in [-0.2, -0.15) is 21.6 Å². The van der Waals surface area contributed by atoms with E-state index in [2.05, 4.69) is 9.08 Å². The van der Waals surface area contributed by atoms with Crippen molar-refractivity contribution in [3.8, 4) is 11.5 Å². The van der Waals surface area contributed by atoms with E-state index < -0.39 is 27.2 Å². The Morgan fingerprint density at radius 3 is 2.42 bits per heavy atom. The van der Waals surface area contributed by atoms with Crippen molar-refractivity contribution in [2.45, 2.75) is 42.7 Å². The van der Waals surface area contributed by atoms with Crippen LogP contribution in [0.3, 0.4) is 0 Å². The Hall–Kier alpha value is -3.09. The topological polar surface area (TPSA) is 55.8 Å². The summed E-state index contributed by atoms with van der Waals surface area (Å²) in [6.45, 7) is 3.68. The van der Waals surface area contributed by atoms with Gasteiger partial charge in [-0.1, -0.05) is 24.3 Å². The van der Waals surface area contributed by atoms with Gasteiger partial charge in [-0.25, -0.2) is 4.39 Å². The smallest absolute Gasteiger partial charge is 0.489 e. The number of ether oxygens (including phenoxy) is 1. The highest BCUT2D eigenvalue weighted by Crippen LogP contribution is 2.45. The van der Waals surface area contributed by atoms with Crippen molar-refractivity contribution < 1.29 is 39.3 Å². The summed E-state index contributed by atoms with van der Waals surface area (Å²) in [4.78, 5) is 2.68. The van der Waals surface area contributed by atoms with Crippen LogP contribution in [-0.2, 0) is 10.1 Å². The fraction of sp³-hybridized carbons (Fsp3) is 0.355. The summed E-state index contributed by atoms with van der Waals surface area (Å²) in [5.41, 5.74) is -1.65. The molecule has 0 saturated carbocycles. The standard InChI is InChI=1S/C31H30F5NO4S2/c1-20-3-9-25(28(33)17-20)26-12-16-42-29-18-23(41-43(38,39)31(34,35)36)8-10-27(29)30(26)21-4-6-22(7-5-21)40-24-11-15-37(19-24)14-2-13-32/h3-10,17-18,24H,2,11-16,19H2,1H3/t24-/m0/s1. The maximum absolute atomic E-state index is 15.3. The number of thioether (sulfide) groups is 1. The van der Waals surface area contributed by atoms with E-state index >= 15 is 4.39 Å². The Balaban J connectivity index is 1.51. The lowest BCUT2D eigenvalue weighted by Crippen LogP contribution is -2.28. The van der Waals surface area contributed by atoms with Crippen molar-refractivity contribution in [3.05, 3.63) is 88.7 Å². The molecule has 1 atom stereocenters. The number of hydrogen-bond donors (Lipinski definition) is 0. The van der Waals surface area contributed by atoms with Gasteiger partial charge >= 0.3 is 15.6 Å². The molecule has 0 spiro atoms. The highest BCUT2D eigenvalue weighted by Gasteiger charge is 2.48. The van der Waals surface area contributed by atoms with E-state index in [1.807, 2.05) is 30.3 Å². The average Bonchev–Trinajstić information content (AvgIpc) is 3.30. The summed E-state index contributed by atoms with van der Waals surface area (Å²) >= 11 is 1.32. The molecule has 12 heteroatoms. The number of rotatable bonds is 9. The van der Waals surface area contributed by atoms with Crippen molar-refractivity contribution in [1.29, 1.82) is 0 Å². The maximum Gasteiger partial charge on any atom is 0.534 e. The van der Waals surface area contributed by atoms with Gasteiger partial charge in [0.05, 0.1) is 6.67 Å². The minimum absolute atomic E-state index is 0.0247. The van der Waals surface area contributed by atoms with Gasteiger partial charge in [0.25, 0.3) is 0 Å². The molecule has 230 valence electrons. The largest absolute Gasteiger partial charge is 0.534 e. The van der Waals surface area contributed by atoms with Crippen LogP contribution >= 0.6 is 11.8 Å². The Kier molecular flexibility index (Phi) is 9.38. The Morgan fingerprint density at radius 2 is 1.72 bits per heavy atom. The third-order valence-electron chi connectivity index (χ3n) is 7.36. The first-order valence-corrected chi connectivity index (χ1v) is 16.2. The third kappa shape index (κ3) is 7.18. The van der Waals surface area contributed by atoms with Crippen molar-refractivity contribution in [2.24, 2.45) is 0 Å². The van der Waals surface area contributed by atoms with Crippen LogP contribution in [0, 0.1) is 12.7 Å². The minimum Gasteiger partial charge on any atom is -0.489 e. The molecule has 1 fully saturated rings. The number of hydrogen-bond acceptors (Lipinski definition) is 6. The van der Waals surface area contributed by atoms with E-state index in [0.29, 0.717) is 64.6 Å². The van der Waals surface area contributed by atoms with Gasteiger partial charge in [-0.3, -0.25) is 9.29 Å². The van der Waals surface area contributed by atoms with Gasteiger partial charge in [0.2, 0.25) is 0 Å². The van der Waals surface area contributed by atoms with E-state index in [4.69, 9.17) is 4.74 Å². The monoisotopic (exact) mass is 639 g/mol. The number of alkyl halides is 4. The zero-order chi connectivity index (χ0) is 30.8. The van der Waals surface area contributed by atoms with Crippen LogP contribution in [0.2, 0.25) is 0 Å². The van der Waals surface area contributed by atoms with Gasteiger partial charge in [0, 0.05) is 35.8 Å². The lowest BCUT2D eigenvalue weighted by atomic mass is 9.87. The predicted molar refractivity (Wildman–Crippen MR) is 157 cm³/mol. The molecule has 0 aromatic heterocycles. The Morgan fingerprint density at radius 1 is 1.00 bits per heavy atom. The maximum atomic E-state index is 15.3. The normalized spacial score (nSPS) is 18.0. The summed E-state index contributed by atoms with van der Waals surface area (Å²) in [5, 5.41) is 0. The molecule has 0 unspecified atom stereocenters. The highest BCUT2D eigenvalue weighted by molar-refractivity contribution is 7.99. The van der Waals surface area contributed by atoms with E-state index in [9.17, 15) is 26.0 Å². The molecule has 2 aliphatic heterocycles. The molecule has 3 aromatic rings. The van der Waals surface area contributed by atoms with Gasteiger partial charge in [-0.15, -0.1) is 11.8 Å². The number of allylic oxidation sites excluding steroid dienone is 1. The summed E-state index contributed by atoms with van der Waals surface area (Å²) in [7, 11) is -5.84. The number of nitrogens with zero attached hydrogens (tertiary/aromatic N) is 1. The van der Waals surface area contributed by atoms with Crippen LogP contribution in [0.25, 0.3) is 11.1 Å². The fourth-order valence-electron chi connectivity index (χ4n) is 5.34. The van der Waals surface area contributed by atoms with Crippen molar-refractivity contribution in [2.75, 3.05) is 32.1 Å². The van der Waals surface area contributed by atoms with Crippen LogP contribution in [0.15, 0.2) is 65.6 Å². The first-order chi connectivity index (χ1) is 20.4. The summed E-state index contributed by atoms with van der Waals surface area (Å²) < 4.78 is 101. The van der Waals surface area contributed by atoms with Gasteiger partial charge in [-0.05, 0) is 90.4 Å². The molecule has 43 heavy (non-hydrogen) atoms. The molecule has 2 aliphatic rings. The summed E-state index contributed by atoms with van der Waals surface area (Å²) in [6, 6.07) is 16.3. The van der Waals surface area contributed by atoms with Gasteiger partial charge < -0.3 is 8.92 Å². The van der Waals surface area contributed by atoms with E-state index in [1.54, 1.807) is 13.0 Å². The Bertz CT molecular complexity index is 1610.